The zero-order valence-corrected chi connectivity index (χ0v) is 9.17. The molecule has 0 saturated heterocycles. The van der Waals surface area contributed by atoms with Crippen LogP contribution in [-0.2, 0) is 6.54 Å². The molecule has 0 aliphatic rings. The number of aromatic nitrogens is 2. The van der Waals surface area contributed by atoms with Crippen LogP contribution in [0, 0.1) is 0 Å². The van der Waals surface area contributed by atoms with Crippen molar-refractivity contribution in [1.29, 1.82) is 0 Å². The molecular formula is C6H6Br2N2O2. The number of nitrogens with zero attached hydrogens (tertiary/aromatic N) is 2. The number of carbonyl (C=O) groups is 1. The highest BCUT2D eigenvalue weighted by Gasteiger charge is 2.11. The van der Waals surface area contributed by atoms with Gasteiger partial charge in [-0.15, -0.1) is 0 Å². The fourth-order valence-electron chi connectivity index (χ4n) is 0.808. The first-order chi connectivity index (χ1) is 5.65. The third-order valence-corrected chi connectivity index (χ3v) is 2.01. The normalized spacial score (nSPS) is 10.2. The minimum atomic E-state index is -0.964. The standard InChI is InChI=1S/C6H6Br2N2O2/c7-1-2-10-4(6(11)12)3-5(8)9-10/h3H,1-2H2,(H,11,12). The number of rotatable bonds is 3. The van der Waals surface area contributed by atoms with Crippen molar-refractivity contribution in [3.8, 4) is 0 Å². The largest absolute Gasteiger partial charge is 0.477 e. The third-order valence-electron chi connectivity index (χ3n) is 1.27. The van der Waals surface area contributed by atoms with Crippen LogP contribution in [0.3, 0.4) is 0 Å². The molecule has 0 aliphatic heterocycles. The van der Waals surface area contributed by atoms with Gasteiger partial charge >= 0.3 is 5.97 Å². The van der Waals surface area contributed by atoms with Gasteiger partial charge in [-0.3, -0.25) is 4.68 Å². The maximum atomic E-state index is 10.6. The van der Waals surface area contributed by atoms with Crippen LogP contribution >= 0.6 is 31.9 Å². The van der Waals surface area contributed by atoms with E-state index in [4.69, 9.17) is 5.11 Å². The molecule has 1 N–H and O–H groups in total. The van der Waals surface area contributed by atoms with Gasteiger partial charge in [0.25, 0.3) is 0 Å². The summed E-state index contributed by atoms with van der Waals surface area (Å²) in [4.78, 5) is 10.6. The van der Waals surface area contributed by atoms with Crippen molar-refractivity contribution >= 4 is 37.8 Å². The zero-order valence-electron chi connectivity index (χ0n) is 6.00. The van der Waals surface area contributed by atoms with Gasteiger partial charge < -0.3 is 5.11 Å². The summed E-state index contributed by atoms with van der Waals surface area (Å²) in [6, 6.07) is 1.48. The molecule has 0 saturated carbocycles. The van der Waals surface area contributed by atoms with Crippen molar-refractivity contribution in [3.05, 3.63) is 16.4 Å². The van der Waals surface area contributed by atoms with E-state index in [1.54, 1.807) is 0 Å². The first-order valence-electron chi connectivity index (χ1n) is 3.17. The first-order valence-corrected chi connectivity index (χ1v) is 5.09. The Kier molecular flexibility index (Phi) is 3.28. The van der Waals surface area contributed by atoms with E-state index in [0.717, 1.165) is 0 Å². The average molecular weight is 298 g/mol. The van der Waals surface area contributed by atoms with Gasteiger partial charge in [0.05, 0.1) is 6.54 Å². The molecule has 0 spiro atoms. The molecule has 0 aliphatic carbocycles. The molecule has 1 aromatic heterocycles. The van der Waals surface area contributed by atoms with E-state index < -0.39 is 5.97 Å². The van der Waals surface area contributed by atoms with Crippen LogP contribution in [0.4, 0.5) is 0 Å². The lowest BCUT2D eigenvalue weighted by molar-refractivity contribution is 0.0683. The van der Waals surface area contributed by atoms with Crippen LogP contribution in [0.1, 0.15) is 10.5 Å². The van der Waals surface area contributed by atoms with Crippen molar-refractivity contribution in [1.82, 2.24) is 9.78 Å². The molecule has 4 nitrogen and oxygen atoms in total. The van der Waals surface area contributed by atoms with Gasteiger partial charge in [-0.05, 0) is 15.9 Å². The number of alkyl halides is 1. The molecule has 0 unspecified atom stereocenters. The highest BCUT2D eigenvalue weighted by atomic mass is 79.9. The predicted octanol–water partition coefficient (Wildman–Crippen LogP) is 1.74. The van der Waals surface area contributed by atoms with Gasteiger partial charge in [-0.25, -0.2) is 4.79 Å². The number of halogens is 2. The lowest BCUT2D eigenvalue weighted by Crippen LogP contribution is -2.10. The van der Waals surface area contributed by atoms with E-state index in [2.05, 4.69) is 37.0 Å². The minimum Gasteiger partial charge on any atom is -0.477 e. The fraction of sp³-hybridized carbons (Fsp3) is 0.333. The molecular weight excluding hydrogens is 292 g/mol. The van der Waals surface area contributed by atoms with E-state index in [1.807, 2.05) is 0 Å². The number of hydrogen-bond acceptors (Lipinski definition) is 2. The molecule has 0 amide bonds. The molecule has 1 aromatic rings. The smallest absolute Gasteiger partial charge is 0.354 e. The van der Waals surface area contributed by atoms with Crippen molar-refractivity contribution in [2.45, 2.75) is 6.54 Å². The molecule has 6 heteroatoms. The number of carboxylic acids is 1. The van der Waals surface area contributed by atoms with E-state index in [-0.39, 0.29) is 5.69 Å². The number of aryl methyl sites for hydroxylation is 1. The molecule has 1 rings (SSSR count). The SMILES string of the molecule is O=C(O)c1cc(Br)nn1CCBr. The second-order valence-corrected chi connectivity index (χ2v) is 3.68. The summed E-state index contributed by atoms with van der Waals surface area (Å²) in [6.45, 7) is 0.549. The van der Waals surface area contributed by atoms with Gasteiger partial charge in [0, 0.05) is 11.4 Å². The van der Waals surface area contributed by atoms with Crippen molar-refractivity contribution in [2.24, 2.45) is 0 Å². The summed E-state index contributed by atoms with van der Waals surface area (Å²) in [7, 11) is 0. The number of hydrogen-bond donors (Lipinski definition) is 1. The van der Waals surface area contributed by atoms with Gasteiger partial charge in [-0.2, -0.15) is 5.10 Å². The van der Waals surface area contributed by atoms with E-state index in [9.17, 15) is 4.79 Å². The summed E-state index contributed by atoms with van der Waals surface area (Å²) in [5.74, 6) is -0.964. The van der Waals surface area contributed by atoms with Crippen LogP contribution < -0.4 is 0 Å². The highest BCUT2D eigenvalue weighted by molar-refractivity contribution is 9.10. The molecule has 0 bridgehead atoms. The second kappa shape index (κ2) is 4.04. The van der Waals surface area contributed by atoms with Crippen molar-refractivity contribution in [3.63, 3.8) is 0 Å². The minimum absolute atomic E-state index is 0.196. The predicted molar refractivity (Wildman–Crippen MR) is 50.7 cm³/mol. The Bertz CT molecular complexity index is 298. The van der Waals surface area contributed by atoms with E-state index >= 15 is 0 Å². The summed E-state index contributed by atoms with van der Waals surface area (Å²) in [6.07, 6.45) is 0. The average Bonchev–Trinajstić information content (AvgIpc) is 2.32. The third kappa shape index (κ3) is 2.07. The fourth-order valence-corrected chi connectivity index (χ4v) is 1.55. The van der Waals surface area contributed by atoms with Gasteiger partial charge in [0.1, 0.15) is 10.3 Å². The Balaban J connectivity index is 2.99. The lowest BCUT2D eigenvalue weighted by atomic mass is 10.4. The molecule has 0 atom stereocenters. The Morgan fingerprint density at radius 3 is 2.92 bits per heavy atom. The zero-order chi connectivity index (χ0) is 9.14. The van der Waals surface area contributed by atoms with E-state index in [0.29, 0.717) is 16.5 Å². The van der Waals surface area contributed by atoms with E-state index in [1.165, 1.54) is 10.7 Å². The van der Waals surface area contributed by atoms with Gasteiger partial charge in [-0.1, -0.05) is 15.9 Å². The lowest BCUT2D eigenvalue weighted by Gasteiger charge is -1.99. The van der Waals surface area contributed by atoms with Crippen LogP contribution in [0.15, 0.2) is 10.7 Å². The van der Waals surface area contributed by atoms with Crippen molar-refractivity contribution < 1.29 is 9.90 Å². The summed E-state index contributed by atoms with van der Waals surface area (Å²) < 4.78 is 1.97. The molecule has 0 aromatic carbocycles. The van der Waals surface area contributed by atoms with Crippen LogP contribution in [-0.4, -0.2) is 26.2 Å². The quantitative estimate of drug-likeness (QED) is 0.865. The molecule has 0 radical (unpaired) electrons. The summed E-state index contributed by atoms with van der Waals surface area (Å²) in [5, 5.41) is 13.3. The Labute approximate surface area is 85.8 Å². The highest BCUT2D eigenvalue weighted by Crippen LogP contribution is 2.10. The maximum absolute atomic E-state index is 10.6. The van der Waals surface area contributed by atoms with Gasteiger partial charge in [0.2, 0.25) is 0 Å². The summed E-state index contributed by atoms with van der Waals surface area (Å²) >= 11 is 6.32. The number of carboxylic acid groups (broad SMARTS) is 1. The van der Waals surface area contributed by atoms with Crippen LogP contribution in [0.2, 0.25) is 0 Å². The van der Waals surface area contributed by atoms with Crippen LogP contribution in [0.25, 0.3) is 0 Å². The van der Waals surface area contributed by atoms with Crippen molar-refractivity contribution in [2.75, 3.05) is 5.33 Å². The van der Waals surface area contributed by atoms with Gasteiger partial charge in [0.15, 0.2) is 0 Å². The van der Waals surface area contributed by atoms with Crippen LogP contribution in [0.5, 0.6) is 0 Å². The molecule has 0 fully saturated rings. The Morgan fingerprint density at radius 2 is 2.42 bits per heavy atom. The topological polar surface area (TPSA) is 55.1 Å². The molecule has 1 heterocycles. The first kappa shape index (κ1) is 9.73. The Morgan fingerprint density at radius 1 is 1.75 bits per heavy atom. The monoisotopic (exact) mass is 296 g/mol. The summed E-state index contributed by atoms with van der Waals surface area (Å²) in [5.41, 5.74) is 0.196. The number of aromatic carboxylic acids is 1. The second-order valence-electron chi connectivity index (χ2n) is 2.07. The molecule has 12 heavy (non-hydrogen) atoms. The Hall–Kier alpha value is -0.360. The molecule has 66 valence electrons. The maximum Gasteiger partial charge on any atom is 0.354 e.